The molecule has 1 atom stereocenters. The number of aromatic carboxylic acids is 1. The van der Waals surface area contributed by atoms with Crippen LogP contribution >= 0.6 is 0 Å². The Bertz CT molecular complexity index is 1190. The molecule has 0 spiro atoms. The van der Waals surface area contributed by atoms with Crippen molar-refractivity contribution in [2.45, 2.75) is 33.1 Å². The molecule has 3 heterocycles. The topological polar surface area (TPSA) is 85.1 Å². The van der Waals surface area contributed by atoms with Crippen molar-refractivity contribution in [3.63, 3.8) is 0 Å². The van der Waals surface area contributed by atoms with Gasteiger partial charge in [0.05, 0.1) is 18.1 Å². The third-order valence-corrected chi connectivity index (χ3v) is 6.04. The van der Waals surface area contributed by atoms with E-state index in [1.165, 1.54) is 30.7 Å². The van der Waals surface area contributed by atoms with Crippen molar-refractivity contribution in [2.75, 3.05) is 0 Å². The summed E-state index contributed by atoms with van der Waals surface area (Å²) in [6.45, 7) is 4.06. The lowest BCUT2D eigenvalue weighted by atomic mass is 9.85. The van der Waals surface area contributed by atoms with Crippen molar-refractivity contribution in [3.05, 3.63) is 75.0 Å². The number of carbonyl (C=O) groups is 1. The number of nitrogens with zero attached hydrogens (tertiary/aromatic N) is 3. The molecule has 6 heteroatoms. The van der Waals surface area contributed by atoms with E-state index >= 15 is 0 Å². The average molecular weight is 387 g/mol. The number of pyridine rings is 1. The third-order valence-electron chi connectivity index (χ3n) is 6.04. The van der Waals surface area contributed by atoms with E-state index in [9.17, 15) is 14.7 Å². The van der Waals surface area contributed by atoms with E-state index in [2.05, 4.69) is 16.3 Å². The molecule has 0 bridgehead atoms. The second kappa shape index (κ2) is 6.37. The van der Waals surface area contributed by atoms with Crippen molar-refractivity contribution in [2.24, 2.45) is 11.8 Å². The van der Waals surface area contributed by atoms with E-state index < -0.39 is 11.4 Å². The molecular weight excluding hydrogens is 366 g/mol. The molecule has 29 heavy (non-hydrogen) atoms. The first kappa shape index (κ1) is 17.8. The summed E-state index contributed by atoms with van der Waals surface area (Å²) in [5.41, 5.74) is 6.85. The summed E-state index contributed by atoms with van der Waals surface area (Å²) in [7, 11) is 0. The average Bonchev–Trinajstić information content (AvgIpc) is 3.47. The highest BCUT2D eigenvalue weighted by molar-refractivity contribution is 6.04. The Hall–Kier alpha value is -3.28. The predicted octanol–water partition coefficient (Wildman–Crippen LogP) is 3.87. The number of allylic oxidation sites excluding steroid dienone is 6. The van der Waals surface area contributed by atoms with Crippen LogP contribution in [0.15, 0.2) is 52.7 Å². The zero-order valence-corrected chi connectivity index (χ0v) is 16.3. The van der Waals surface area contributed by atoms with Crippen LogP contribution in [0.2, 0.25) is 0 Å². The summed E-state index contributed by atoms with van der Waals surface area (Å²) in [6, 6.07) is 3.45. The maximum absolute atomic E-state index is 12.6. The van der Waals surface area contributed by atoms with Crippen LogP contribution in [-0.4, -0.2) is 25.8 Å². The summed E-state index contributed by atoms with van der Waals surface area (Å²) in [6.07, 6.45) is 10.4. The smallest absolute Gasteiger partial charge is 0.341 e. The molecule has 2 aliphatic carbocycles. The first-order chi connectivity index (χ1) is 14.0. The van der Waals surface area contributed by atoms with Crippen LogP contribution in [0, 0.1) is 11.8 Å². The first-order valence-corrected chi connectivity index (χ1v) is 9.86. The number of fused-ring (bicyclic) bond motifs is 3. The molecular formula is C23H21N3O3. The fraction of sp³-hybridized carbons (Fsp3) is 0.304. The van der Waals surface area contributed by atoms with Crippen molar-refractivity contribution in [1.29, 1.82) is 0 Å². The van der Waals surface area contributed by atoms with E-state index in [1.54, 1.807) is 12.4 Å². The number of rotatable bonds is 3. The van der Waals surface area contributed by atoms with Crippen LogP contribution in [-0.2, 0) is 0 Å². The molecule has 1 aliphatic heterocycles. The predicted molar refractivity (Wildman–Crippen MR) is 110 cm³/mol. The van der Waals surface area contributed by atoms with E-state index in [0.29, 0.717) is 5.92 Å². The lowest BCUT2D eigenvalue weighted by Gasteiger charge is -2.30. The molecule has 1 saturated carbocycles. The molecule has 1 unspecified atom stereocenters. The minimum atomic E-state index is -1.20. The van der Waals surface area contributed by atoms with Crippen LogP contribution in [0.4, 0.5) is 0 Å². The van der Waals surface area contributed by atoms with Crippen molar-refractivity contribution >= 4 is 22.8 Å². The molecule has 0 radical (unpaired) electrons. The molecule has 0 saturated heterocycles. The Morgan fingerprint density at radius 3 is 2.66 bits per heavy atom. The largest absolute Gasteiger partial charge is 0.477 e. The minimum absolute atomic E-state index is 0.175. The van der Waals surface area contributed by atoms with Gasteiger partial charge in [-0.25, -0.2) is 4.79 Å². The number of hydrogen-bond donors (Lipinski definition) is 1. The van der Waals surface area contributed by atoms with Gasteiger partial charge in [-0.15, -0.1) is 0 Å². The summed E-state index contributed by atoms with van der Waals surface area (Å²) in [5.74, 6) is -0.477. The fourth-order valence-electron chi connectivity index (χ4n) is 4.58. The molecule has 0 aromatic carbocycles. The second-order valence-electron chi connectivity index (χ2n) is 8.19. The second-order valence-corrected chi connectivity index (χ2v) is 8.19. The Morgan fingerprint density at radius 2 is 2.03 bits per heavy atom. The monoisotopic (exact) mass is 387 g/mol. The number of hydrogen-bond acceptors (Lipinski definition) is 4. The molecule has 146 valence electrons. The molecule has 2 aromatic rings. The minimum Gasteiger partial charge on any atom is -0.477 e. The van der Waals surface area contributed by atoms with Gasteiger partial charge in [-0.3, -0.25) is 4.79 Å². The Kier molecular flexibility index (Phi) is 3.91. The maximum Gasteiger partial charge on any atom is 0.341 e. The highest BCUT2D eigenvalue weighted by Crippen LogP contribution is 2.55. The summed E-state index contributed by atoms with van der Waals surface area (Å²) in [4.78, 5) is 24.2. The van der Waals surface area contributed by atoms with Gasteiger partial charge in [-0.05, 0) is 61.8 Å². The van der Waals surface area contributed by atoms with E-state index in [1.807, 2.05) is 24.5 Å². The number of carboxylic acid groups (broad SMARTS) is 1. The summed E-state index contributed by atoms with van der Waals surface area (Å²) >= 11 is 0. The molecule has 5 rings (SSSR count). The van der Waals surface area contributed by atoms with E-state index in [4.69, 9.17) is 0 Å². The summed E-state index contributed by atoms with van der Waals surface area (Å²) in [5, 5.41) is 17.4. The zero-order chi connectivity index (χ0) is 20.3. The van der Waals surface area contributed by atoms with Gasteiger partial charge in [0.25, 0.3) is 0 Å². The van der Waals surface area contributed by atoms with Gasteiger partial charge in [0, 0.05) is 29.4 Å². The molecule has 6 nitrogen and oxygen atoms in total. The molecule has 1 fully saturated rings. The Morgan fingerprint density at radius 1 is 1.24 bits per heavy atom. The lowest BCUT2D eigenvalue weighted by Crippen LogP contribution is -2.24. The van der Waals surface area contributed by atoms with Crippen LogP contribution < -0.4 is 5.43 Å². The number of aromatic nitrogens is 3. The highest BCUT2D eigenvalue weighted by atomic mass is 16.4. The zero-order valence-electron chi connectivity index (χ0n) is 16.3. The van der Waals surface area contributed by atoms with Gasteiger partial charge in [0.1, 0.15) is 5.56 Å². The van der Waals surface area contributed by atoms with Gasteiger partial charge >= 0.3 is 5.97 Å². The van der Waals surface area contributed by atoms with Gasteiger partial charge < -0.3 is 9.67 Å². The Balaban J connectivity index is 1.84. The van der Waals surface area contributed by atoms with E-state index in [0.717, 1.165) is 40.1 Å². The number of carboxylic acids is 1. The normalized spacial score (nSPS) is 20.3. The standard InChI is InChI=1S/C23H21N3O3/c1-12(2)18-8-15-7-16(13-3-4-13)21(14-5-6-24-25-10-14)22(15)19-9-20(27)17(23(28)29)11-26(18)19/h5-7,9-11,13,15H,3-4,8H2,1-2H3,(H,28,29). The molecule has 1 N–H and O–H groups in total. The highest BCUT2D eigenvalue weighted by Gasteiger charge is 2.40. The van der Waals surface area contributed by atoms with Crippen molar-refractivity contribution in [1.82, 2.24) is 14.8 Å². The Labute approximate surface area is 167 Å². The molecule has 0 amide bonds. The lowest BCUT2D eigenvalue weighted by molar-refractivity contribution is 0.0694. The van der Waals surface area contributed by atoms with Crippen LogP contribution in [0.25, 0.3) is 16.8 Å². The third kappa shape index (κ3) is 2.78. The summed E-state index contributed by atoms with van der Waals surface area (Å²) < 4.78 is 1.91. The van der Waals surface area contributed by atoms with Gasteiger partial charge in [-0.2, -0.15) is 10.2 Å². The fourth-order valence-corrected chi connectivity index (χ4v) is 4.58. The SMILES string of the molecule is CC(C)=C1CC2C=C(C3CC3)C(c3ccnnc3)=C2c2cc(=O)c(C(=O)O)cn21. The first-order valence-electron chi connectivity index (χ1n) is 9.86. The maximum atomic E-state index is 12.6. The molecule has 3 aliphatic rings. The van der Waals surface area contributed by atoms with Crippen LogP contribution in [0.1, 0.15) is 54.7 Å². The van der Waals surface area contributed by atoms with Crippen molar-refractivity contribution < 1.29 is 9.90 Å². The van der Waals surface area contributed by atoms with Gasteiger partial charge in [-0.1, -0.05) is 11.6 Å². The van der Waals surface area contributed by atoms with Crippen LogP contribution in [0.3, 0.4) is 0 Å². The van der Waals surface area contributed by atoms with Gasteiger partial charge in [0.2, 0.25) is 0 Å². The van der Waals surface area contributed by atoms with E-state index in [-0.39, 0.29) is 11.5 Å². The molecule has 2 aromatic heterocycles. The van der Waals surface area contributed by atoms with Gasteiger partial charge in [0.15, 0.2) is 5.43 Å². The van der Waals surface area contributed by atoms with Crippen molar-refractivity contribution in [3.8, 4) is 0 Å². The quantitative estimate of drug-likeness (QED) is 0.864. The van der Waals surface area contributed by atoms with Crippen LogP contribution in [0.5, 0.6) is 0 Å².